The van der Waals surface area contributed by atoms with Crippen molar-refractivity contribution in [1.82, 2.24) is 15.3 Å². The van der Waals surface area contributed by atoms with Crippen LogP contribution in [0.2, 0.25) is 0 Å². The molecule has 1 N–H and O–H groups in total. The third-order valence-electron chi connectivity index (χ3n) is 3.61. The van der Waals surface area contributed by atoms with Crippen molar-refractivity contribution in [3.8, 4) is 17.2 Å². The van der Waals surface area contributed by atoms with Crippen LogP contribution in [0.5, 0.6) is 0 Å². The highest BCUT2D eigenvalue weighted by Crippen LogP contribution is 2.19. The van der Waals surface area contributed by atoms with Gasteiger partial charge in [0, 0.05) is 37.6 Å². The zero-order chi connectivity index (χ0) is 14.5. The summed E-state index contributed by atoms with van der Waals surface area (Å²) in [7, 11) is 0. The van der Waals surface area contributed by atoms with Crippen LogP contribution in [-0.4, -0.2) is 36.1 Å². The Kier molecular flexibility index (Phi) is 4.08. The molecule has 0 spiro atoms. The summed E-state index contributed by atoms with van der Waals surface area (Å²) in [6, 6.07) is 9.59. The van der Waals surface area contributed by atoms with Gasteiger partial charge in [0.25, 0.3) is 0 Å². The highest BCUT2D eigenvalue weighted by Gasteiger charge is 2.11. The molecule has 1 aromatic heterocycles. The van der Waals surface area contributed by atoms with Crippen LogP contribution in [-0.2, 0) is 0 Å². The highest BCUT2D eigenvalue weighted by atomic mass is 15.3. The third-order valence-corrected chi connectivity index (χ3v) is 3.61. The van der Waals surface area contributed by atoms with Gasteiger partial charge in [0.05, 0.1) is 11.6 Å². The van der Waals surface area contributed by atoms with Gasteiger partial charge in [-0.3, -0.25) is 0 Å². The summed E-state index contributed by atoms with van der Waals surface area (Å²) in [6.07, 6.45) is 4.81. The number of nitriles is 1. The predicted molar refractivity (Wildman–Crippen MR) is 81.9 cm³/mol. The fourth-order valence-corrected chi connectivity index (χ4v) is 2.42. The fourth-order valence-electron chi connectivity index (χ4n) is 2.42. The van der Waals surface area contributed by atoms with Crippen molar-refractivity contribution >= 4 is 5.95 Å². The van der Waals surface area contributed by atoms with Crippen LogP contribution >= 0.6 is 0 Å². The van der Waals surface area contributed by atoms with Crippen molar-refractivity contribution in [3.05, 3.63) is 42.2 Å². The smallest absolute Gasteiger partial charge is 0.225 e. The predicted octanol–water partition coefficient (Wildman–Crippen LogP) is 1.81. The quantitative estimate of drug-likeness (QED) is 0.908. The molecule has 1 aromatic carbocycles. The lowest BCUT2D eigenvalue weighted by molar-refractivity contribution is 0.724. The maximum absolute atomic E-state index is 8.82. The minimum Gasteiger partial charge on any atom is -0.340 e. The van der Waals surface area contributed by atoms with Crippen molar-refractivity contribution in [2.75, 3.05) is 31.1 Å². The Labute approximate surface area is 124 Å². The average molecular weight is 279 g/mol. The first-order valence-corrected chi connectivity index (χ1v) is 7.15. The van der Waals surface area contributed by atoms with Crippen LogP contribution in [0, 0.1) is 11.3 Å². The molecule has 0 saturated carbocycles. The van der Waals surface area contributed by atoms with Crippen molar-refractivity contribution in [3.63, 3.8) is 0 Å². The molecule has 1 fully saturated rings. The molecule has 21 heavy (non-hydrogen) atoms. The summed E-state index contributed by atoms with van der Waals surface area (Å²) in [6.45, 7) is 3.96. The van der Waals surface area contributed by atoms with E-state index >= 15 is 0 Å². The number of benzene rings is 1. The second kappa shape index (κ2) is 6.33. The summed E-state index contributed by atoms with van der Waals surface area (Å²) in [5.74, 6) is 0.788. The molecule has 5 heteroatoms. The van der Waals surface area contributed by atoms with Gasteiger partial charge in [-0.05, 0) is 30.7 Å². The standard InChI is InChI=1S/C16H17N5/c17-10-13-2-4-14(5-3-13)15-11-19-16(20-12-15)21-8-1-6-18-7-9-21/h2-5,11-12,18H,1,6-9H2. The van der Waals surface area contributed by atoms with E-state index in [1.807, 2.05) is 36.7 Å². The first kappa shape index (κ1) is 13.5. The van der Waals surface area contributed by atoms with Gasteiger partial charge in [0.1, 0.15) is 0 Å². The van der Waals surface area contributed by atoms with E-state index in [0.29, 0.717) is 5.56 Å². The van der Waals surface area contributed by atoms with Gasteiger partial charge >= 0.3 is 0 Å². The van der Waals surface area contributed by atoms with E-state index in [1.54, 1.807) is 0 Å². The Morgan fingerprint density at radius 3 is 2.48 bits per heavy atom. The number of anilines is 1. The molecule has 0 radical (unpaired) electrons. The summed E-state index contributed by atoms with van der Waals surface area (Å²) in [4.78, 5) is 11.2. The molecule has 1 saturated heterocycles. The number of aromatic nitrogens is 2. The van der Waals surface area contributed by atoms with E-state index in [4.69, 9.17) is 5.26 Å². The van der Waals surface area contributed by atoms with Crippen LogP contribution in [0.4, 0.5) is 5.95 Å². The first-order chi connectivity index (χ1) is 10.4. The van der Waals surface area contributed by atoms with Crippen LogP contribution in [0.25, 0.3) is 11.1 Å². The first-order valence-electron chi connectivity index (χ1n) is 7.15. The zero-order valence-corrected chi connectivity index (χ0v) is 11.8. The maximum Gasteiger partial charge on any atom is 0.225 e. The summed E-state index contributed by atoms with van der Waals surface area (Å²) < 4.78 is 0. The van der Waals surface area contributed by atoms with Crippen molar-refractivity contribution in [2.45, 2.75) is 6.42 Å². The molecule has 1 aliphatic heterocycles. The number of nitrogens with one attached hydrogen (secondary N) is 1. The van der Waals surface area contributed by atoms with Gasteiger partial charge in [0.15, 0.2) is 0 Å². The Bertz CT molecular complexity index is 619. The van der Waals surface area contributed by atoms with E-state index in [9.17, 15) is 0 Å². The molecule has 0 atom stereocenters. The normalized spacial score (nSPS) is 15.3. The van der Waals surface area contributed by atoms with E-state index < -0.39 is 0 Å². The van der Waals surface area contributed by atoms with Crippen molar-refractivity contribution in [1.29, 1.82) is 5.26 Å². The van der Waals surface area contributed by atoms with Crippen molar-refractivity contribution < 1.29 is 0 Å². The molecule has 0 aliphatic carbocycles. The van der Waals surface area contributed by atoms with Crippen LogP contribution in [0.3, 0.4) is 0 Å². The summed E-state index contributed by atoms with van der Waals surface area (Å²) >= 11 is 0. The number of nitrogens with zero attached hydrogens (tertiary/aromatic N) is 4. The van der Waals surface area contributed by atoms with Crippen LogP contribution in [0.1, 0.15) is 12.0 Å². The maximum atomic E-state index is 8.82. The molecule has 106 valence electrons. The van der Waals surface area contributed by atoms with Crippen LogP contribution in [0.15, 0.2) is 36.7 Å². The minimum atomic E-state index is 0.661. The Morgan fingerprint density at radius 2 is 1.76 bits per heavy atom. The van der Waals surface area contributed by atoms with Gasteiger partial charge < -0.3 is 10.2 Å². The molecule has 3 rings (SSSR count). The highest BCUT2D eigenvalue weighted by molar-refractivity contribution is 5.63. The van der Waals surface area contributed by atoms with Crippen LogP contribution < -0.4 is 10.2 Å². The molecule has 2 heterocycles. The van der Waals surface area contributed by atoms with E-state index in [0.717, 1.165) is 49.7 Å². The molecule has 0 bridgehead atoms. The van der Waals surface area contributed by atoms with Gasteiger partial charge in [-0.15, -0.1) is 0 Å². The molecular weight excluding hydrogens is 262 g/mol. The zero-order valence-electron chi connectivity index (χ0n) is 11.8. The SMILES string of the molecule is N#Cc1ccc(-c2cnc(N3CCCNCC3)nc2)cc1. The Morgan fingerprint density at radius 1 is 1.00 bits per heavy atom. The van der Waals surface area contributed by atoms with Gasteiger partial charge in [0.2, 0.25) is 5.95 Å². The van der Waals surface area contributed by atoms with E-state index in [2.05, 4.69) is 26.3 Å². The monoisotopic (exact) mass is 279 g/mol. The largest absolute Gasteiger partial charge is 0.340 e. The molecule has 2 aromatic rings. The molecule has 5 nitrogen and oxygen atoms in total. The summed E-state index contributed by atoms with van der Waals surface area (Å²) in [5.41, 5.74) is 2.66. The van der Waals surface area contributed by atoms with Gasteiger partial charge in [-0.2, -0.15) is 5.26 Å². The second-order valence-corrected chi connectivity index (χ2v) is 5.05. The second-order valence-electron chi connectivity index (χ2n) is 5.05. The number of hydrogen-bond donors (Lipinski definition) is 1. The lowest BCUT2D eigenvalue weighted by Gasteiger charge is -2.19. The van der Waals surface area contributed by atoms with Crippen molar-refractivity contribution in [2.24, 2.45) is 0 Å². The lowest BCUT2D eigenvalue weighted by atomic mass is 10.1. The third kappa shape index (κ3) is 3.18. The number of rotatable bonds is 2. The lowest BCUT2D eigenvalue weighted by Crippen LogP contribution is -2.29. The average Bonchev–Trinajstić information content (AvgIpc) is 2.84. The van der Waals surface area contributed by atoms with Gasteiger partial charge in [-0.1, -0.05) is 12.1 Å². The summed E-state index contributed by atoms with van der Waals surface area (Å²) in [5, 5.41) is 12.2. The number of hydrogen-bond acceptors (Lipinski definition) is 5. The van der Waals surface area contributed by atoms with E-state index in [1.165, 1.54) is 0 Å². The molecular formula is C16H17N5. The topological polar surface area (TPSA) is 64.8 Å². The molecule has 0 unspecified atom stereocenters. The van der Waals surface area contributed by atoms with Gasteiger partial charge in [-0.25, -0.2) is 9.97 Å². The van der Waals surface area contributed by atoms with E-state index in [-0.39, 0.29) is 0 Å². The molecule has 1 aliphatic rings. The Balaban J connectivity index is 1.78. The minimum absolute atomic E-state index is 0.661. The Hall–Kier alpha value is -2.45. The molecule has 0 amide bonds. The fraction of sp³-hybridized carbons (Fsp3) is 0.312.